The van der Waals surface area contributed by atoms with E-state index in [0.29, 0.717) is 31.0 Å². The van der Waals surface area contributed by atoms with Crippen molar-refractivity contribution in [3.8, 4) is 11.5 Å². The largest absolute Gasteiger partial charge is 0.493 e. The van der Waals surface area contributed by atoms with Crippen molar-refractivity contribution in [3.63, 3.8) is 0 Å². The van der Waals surface area contributed by atoms with Crippen molar-refractivity contribution >= 4 is 15.7 Å². The zero-order valence-corrected chi connectivity index (χ0v) is 14.2. The number of rotatable bonds is 3. The number of sulfone groups is 1. The monoisotopic (exact) mass is 339 g/mol. The van der Waals surface area contributed by atoms with Crippen LogP contribution in [-0.2, 0) is 27.6 Å². The molecule has 2 heterocycles. The quantitative estimate of drug-likeness (QED) is 0.822. The second-order valence-electron chi connectivity index (χ2n) is 6.09. The van der Waals surface area contributed by atoms with Crippen LogP contribution in [0.25, 0.3) is 0 Å². The Kier molecular flexibility index (Phi) is 4.23. The summed E-state index contributed by atoms with van der Waals surface area (Å²) in [7, 11) is 0.140. The molecule has 0 saturated carbocycles. The fourth-order valence-electron chi connectivity index (χ4n) is 3.32. The first-order chi connectivity index (χ1) is 10.9. The molecule has 1 aromatic carbocycles. The lowest BCUT2D eigenvalue weighted by atomic mass is 9.97. The number of amides is 1. The first kappa shape index (κ1) is 16.1. The molecule has 1 amide bonds. The number of benzene rings is 1. The highest BCUT2D eigenvalue weighted by molar-refractivity contribution is 7.91. The second kappa shape index (κ2) is 6.03. The minimum Gasteiger partial charge on any atom is -0.493 e. The van der Waals surface area contributed by atoms with Gasteiger partial charge in [-0.15, -0.1) is 0 Å². The fourth-order valence-corrected chi connectivity index (χ4v) is 5.05. The third-order valence-corrected chi connectivity index (χ3v) is 6.38. The number of nitrogens with zero attached hydrogens (tertiary/aromatic N) is 1. The Labute approximate surface area is 136 Å². The molecule has 0 unspecified atom stereocenters. The molecular formula is C16H21NO5S. The predicted octanol–water partition coefficient (Wildman–Crippen LogP) is 1.02. The first-order valence-corrected chi connectivity index (χ1v) is 9.48. The first-order valence-electron chi connectivity index (χ1n) is 7.66. The number of methoxy groups -OCH3 is 2. The van der Waals surface area contributed by atoms with E-state index in [1.807, 2.05) is 12.1 Å². The van der Waals surface area contributed by atoms with Gasteiger partial charge in [0.25, 0.3) is 0 Å². The molecule has 1 fully saturated rings. The fraction of sp³-hybridized carbons (Fsp3) is 0.562. The number of carbonyl (C=O) groups is 1. The maximum Gasteiger partial charge on any atom is 0.227 e. The highest BCUT2D eigenvalue weighted by Gasteiger charge is 2.36. The summed E-state index contributed by atoms with van der Waals surface area (Å²) in [6.07, 6.45) is 1.18. The number of fused-ring (bicyclic) bond motifs is 1. The normalized spacial score (nSPS) is 22.5. The van der Waals surface area contributed by atoms with Gasteiger partial charge < -0.3 is 14.4 Å². The molecule has 7 heteroatoms. The van der Waals surface area contributed by atoms with E-state index in [1.165, 1.54) is 0 Å². The molecule has 1 aromatic rings. The molecule has 0 bridgehead atoms. The van der Waals surface area contributed by atoms with Gasteiger partial charge in [0.1, 0.15) is 0 Å². The topological polar surface area (TPSA) is 72.9 Å². The van der Waals surface area contributed by atoms with Gasteiger partial charge in [-0.05, 0) is 36.1 Å². The van der Waals surface area contributed by atoms with Crippen molar-refractivity contribution in [1.29, 1.82) is 0 Å². The van der Waals surface area contributed by atoms with Gasteiger partial charge in [-0.2, -0.15) is 0 Å². The molecule has 23 heavy (non-hydrogen) atoms. The van der Waals surface area contributed by atoms with Gasteiger partial charge in [-0.3, -0.25) is 4.79 Å². The highest BCUT2D eigenvalue weighted by Crippen LogP contribution is 2.34. The van der Waals surface area contributed by atoms with Crippen molar-refractivity contribution in [1.82, 2.24) is 4.90 Å². The van der Waals surface area contributed by atoms with E-state index in [2.05, 4.69) is 0 Å². The SMILES string of the molecule is COc1cc2c(cc1OC)CN(C(=O)[C@H]1CCS(=O)(=O)C1)CC2. The van der Waals surface area contributed by atoms with Crippen LogP contribution in [0.15, 0.2) is 12.1 Å². The van der Waals surface area contributed by atoms with Crippen molar-refractivity contribution in [2.24, 2.45) is 5.92 Å². The highest BCUT2D eigenvalue weighted by atomic mass is 32.2. The molecule has 0 aromatic heterocycles. The molecule has 1 saturated heterocycles. The summed E-state index contributed by atoms with van der Waals surface area (Å²) in [5.74, 6) is 1.00. The van der Waals surface area contributed by atoms with Crippen molar-refractivity contribution < 1.29 is 22.7 Å². The number of hydrogen-bond acceptors (Lipinski definition) is 5. The Balaban J connectivity index is 1.78. The van der Waals surface area contributed by atoms with Gasteiger partial charge >= 0.3 is 0 Å². The summed E-state index contributed by atoms with van der Waals surface area (Å²) >= 11 is 0. The molecule has 3 rings (SSSR count). The summed E-state index contributed by atoms with van der Waals surface area (Å²) in [6, 6.07) is 3.86. The molecule has 6 nitrogen and oxygen atoms in total. The van der Waals surface area contributed by atoms with Crippen molar-refractivity contribution in [2.75, 3.05) is 32.3 Å². The van der Waals surface area contributed by atoms with E-state index >= 15 is 0 Å². The number of carbonyl (C=O) groups excluding carboxylic acids is 1. The molecule has 2 aliphatic heterocycles. The average molecular weight is 339 g/mol. The van der Waals surface area contributed by atoms with Crippen LogP contribution in [0.1, 0.15) is 17.5 Å². The maximum atomic E-state index is 12.6. The van der Waals surface area contributed by atoms with Crippen LogP contribution in [0, 0.1) is 5.92 Å². The maximum absolute atomic E-state index is 12.6. The van der Waals surface area contributed by atoms with E-state index < -0.39 is 9.84 Å². The smallest absolute Gasteiger partial charge is 0.227 e. The molecule has 0 spiro atoms. The van der Waals surface area contributed by atoms with Crippen LogP contribution in [-0.4, -0.2) is 51.5 Å². The zero-order valence-electron chi connectivity index (χ0n) is 13.4. The average Bonchev–Trinajstić information content (AvgIpc) is 2.92. The van der Waals surface area contributed by atoms with E-state index in [-0.39, 0.29) is 23.3 Å². The Morgan fingerprint density at radius 1 is 1.17 bits per heavy atom. The predicted molar refractivity (Wildman–Crippen MR) is 85.4 cm³/mol. The van der Waals surface area contributed by atoms with Crippen molar-refractivity contribution in [3.05, 3.63) is 23.3 Å². The van der Waals surface area contributed by atoms with Gasteiger partial charge in [0.15, 0.2) is 21.3 Å². The Morgan fingerprint density at radius 2 is 1.83 bits per heavy atom. The van der Waals surface area contributed by atoms with Crippen LogP contribution in [0.5, 0.6) is 11.5 Å². The second-order valence-corrected chi connectivity index (χ2v) is 8.31. The lowest BCUT2D eigenvalue weighted by molar-refractivity contribution is -0.135. The number of ether oxygens (including phenoxy) is 2. The van der Waals surface area contributed by atoms with Crippen LogP contribution < -0.4 is 9.47 Å². The summed E-state index contributed by atoms with van der Waals surface area (Å²) in [5, 5.41) is 0. The zero-order chi connectivity index (χ0) is 16.6. The van der Waals surface area contributed by atoms with Gasteiger partial charge in [-0.25, -0.2) is 8.42 Å². The van der Waals surface area contributed by atoms with Crippen LogP contribution in [0.2, 0.25) is 0 Å². The molecule has 1 atom stereocenters. The van der Waals surface area contributed by atoms with E-state index in [4.69, 9.17) is 9.47 Å². The van der Waals surface area contributed by atoms with Gasteiger partial charge in [0.2, 0.25) is 5.91 Å². The summed E-state index contributed by atoms with van der Waals surface area (Å²) in [4.78, 5) is 14.3. The summed E-state index contributed by atoms with van der Waals surface area (Å²) in [5.41, 5.74) is 2.17. The Bertz CT molecular complexity index is 728. The van der Waals surface area contributed by atoms with Gasteiger partial charge in [-0.1, -0.05) is 0 Å². The standard InChI is InChI=1S/C16H21NO5S/c1-21-14-7-11-3-5-17(9-13(11)8-15(14)22-2)16(18)12-4-6-23(19,20)10-12/h7-8,12H,3-6,9-10H2,1-2H3/t12-/m0/s1. The van der Waals surface area contributed by atoms with E-state index in [9.17, 15) is 13.2 Å². The third kappa shape index (κ3) is 3.15. The van der Waals surface area contributed by atoms with E-state index in [1.54, 1.807) is 19.1 Å². The molecular weight excluding hydrogens is 318 g/mol. The Morgan fingerprint density at radius 3 is 2.39 bits per heavy atom. The molecule has 0 radical (unpaired) electrons. The van der Waals surface area contributed by atoms with Gasteiger partial charge in [0.05, 0.1) is 31.6 Å². The van der Waals surface area contributed by atoms with Crippen LogP contribution in [0.4, 0.5) is 0 Å². The minimum absolute atomic E-state index is 0.0128. The third-order valence-electron chi connectivity index (χ3n) is 4.61. The number of hydrogen-bond donors (Lipinski definition) is 0. The lowest BCUT2D eigenvalue weighted by Gasteiger charge is -2.31. The molecule has 126 valence electrons. The summed E-state index contributed by atoms with van der Waals surface area (Å²) in [6.45, 7) is 1.10. The molecule has 2 aliphatic rings. The van der Waals surface area contributed by atoms with Gasteiger partial charge in [0, 0.05) is 13.1 Å². The van der Waals surface area contributed by atoms with Crippen LogP contribution >= 0.6 is 0 Å². The van der Waals surface area contributed by atoms with Crippen molar-refractivity contribution in [2.45, 2.75) is 19.4 Å². The summed E-state index contributed by atoms with van der Waals surface area (Å²) < 4.78 is 33.8. The molecule has 0 N–H and O–H groups in total. The Hall–Kier alpha value is -1.76. The molecule has 0 aliphatic carbocycles. The van der Waals surface area contributed by atoms with Crippen LogP contribution in [0.3, 0.4) is 0 Å². The minimum atomic E-state index is -3.04. The van der Waals surface area contributed by atoms with E-state index in [0.717, 1.165) is 17.5 Å². The lowest BCUT2D eigenvalue weighted by Crippen LogP contribution is -2.40.